The highest BCUT2D eigenvalue weighted by Gasteiger charge is 2.26. The van der Waals surface area contributed by atoms with Crippen molar-refractivity contribution in [1.82, 2.24) is 19.8 Å². The summed E-state index contributed by atoms with van der Waals surface area (Å²) in [7, 11) is 4.21. The Bertz CT molecular complexity index is 676. The van der Waals surface area contributed by atoms with E-state index < -0.39 is 0 Å². The van der Waals surface area contributed by atoms with Crippen molar-refractivity contribution in [1.29, 1.82) is 0 Å². The molecule has 2 aliphatic heterocycles. The van der Waals surface area contributed by atoms with Crippen LogP contribution in [0.3, 0.4) is 0 Å². The molecule has 4 heterocycles. The van der Waals surface area contributed by atoms with Crippen molar-refractivity contribution in [2.24, 2.45) is 0 Å². The summed E-state index contributed by atoms with van der Waals surface area (Å²) >= 11 is 3.08. The lowest BCUT2D eigenvalue weighted by atomic mass is 10.2. The molecular weight excluding hydrogens is 316 g/mol. The second-order valence-corrected chi connectivity index (χ2v) is 8.25. The summed E-state index contributed by atoms with van der Waals surface area (Å²) in [5.74, 6) is 0.00380. The van der Waals surface area contributed by atoms with Gasteiger partial charge in [0.2, 0.25) is 5.78 Å². The fraction of sp³-hybridized carbons (Fsp3) is 0.533. The molecule has 0 aromatic carbocycles. The van der Waals surface area contributed by atoms with Gasteiger partial charge in [0.15, 0.2) is 10.0 Å². The number of thiazole rings is 2. The van der Waals surface area contributed by atoms with Gasteiger partial charge in [-0.15, -0.1) is 22.7 Å². The number of carbonyl (C=O) groups excluding carboxylic acids is 1. The van der Waals surface area contributed by atoms with Gasteiger partial charge in [-0.2, -0.15) is 0 Å². The lowest BCUT2D eigenvalue weighted by Gasteiger charge is -2.20. The number of hydrogen-bond acceptors (Lipinski definition) is 7. The minimum Gasteiger partial charge on any atom is -0.301 e. The normalized spacial score (nSPS) is 19.0. The average Bonchev–Trinajstić information content (AvgIpc) is 3.08. The molecular formula is C15H18N4OS2. The zero-order valence-corrected chi connectivity index (χ0v) is 14.4. The van der Waals surface area contributed by atoms with Gasteiger partial charge in [-0.1, -0.05) is 0 Å². The van der Waals surface area contributed by atoms with Crippen molar-refractivity contribution in [2.45, 2.75) is 25.9 Å². The predicted molar refractivity (Wildman–Crippen MR) is 87.7 cm³/mol. The van der Waals surface area contributed by atoms with Crippen molar-refractivity contribution in [2.75, 3.05) is 27.2 Å². The summed E-state index contributed by atoms with van der Waals surface area (Å²) in [5, 5.41) is 1.22. The molecule has 0 atom stereocenters. The third-order valence-electron chi connectivity index (χ3n) is 4.23. The maximum atomic E-state index is 12.7. The van der Waals surface area contributed by atoms with E-state index in [1.165, 1.54) is 9.75 Å². The van der Waals surface area contributed by atoms with Crippen LogP contribution in [-0.4, -0.2) is 52.7 Å². The molecule has 0 unspecified atom stereocenters. The second kappa shape index (κ2) is 5.49. The molecule has 4 rings (SSSR count). The zero-order chi connectivity index (χ0) is 15.3. The maximum absolute atomic E-state index is 12.7. The molecule has 5 nitrogen and oxygen atoms in total. The topological polar surface area (TPSA) is 49.3 Å². The number of carbonyl (C=O) groups is 1. The summed E-state index contributed by atoms with van der Waals surface area (Å²) < 4.78 is 0. The molecule has 2 aromatic rings. The Kier molecular flexibility index (Phi) is 3.60. The number of likely N-dealkylation sites (N-methyl/N-ethyl adjacent to an activating group) is 2. The zero-order valence-electron chi connectivity index (χ0n) is 12.8. The fourth-order valence-corrected chi connectivity index (χ4v) is 5.25. The van der Waals surface area contributed by atoms with E-state index in [2.05, 4.69) is 33.9 Å². The Hall–Kier alpha value is -1.15. The van der Waals surface area contributed by atoms with Gasteiger partial charge in [-0.25, -0.2) is 9.97 Å². The first-order valence-electron chi connectivity index (χ1n) is 7.49. The summed E-state index contributed by atoms with van der Waals surface area (Å²) in [6.07, 6.45) is 1.88. The molecule has 116 valence electrons. The van der Waals surface area contributed by atoms with Crippen LogP contribution < -0.4 is 0 Å². The standard InChI is InChI=1S/C15H18N4OS2/c1-18-5-3-9-11(7-18)21-14(16-9)13(20)15-17-10-4-6-19(2)8-12(10)22-15/h3-8H2,1-2H3. The molecule has 0 spiro atoms. The van der Waals surface area contributed by atoms with Gasteiger partial charge in [0.05, 0.1) is 11.4 Å². The van der Waals surface area contributed by atoms with E-state index in [0.717, 1.165) is 50.4 Å². The minimum atomic E-state index is 0.00380. The van der Waals surface area contributed by atoms with Crippen molar-refractivity contribution >= 4 is 28.5 Å². The van der Waals surface area contributed by atoms with E-state index in [1.54, 1.807) is 22.7 Å². The molecule has 0 N–H and O–H groups in total. The van der Waals surface area contributed by atoms with E-state index in [1.807, 2.05) is 0 Å². The van der Waals surface area contributed by atoms with Gasteiger partial charge in [0.1, 0.15) is 0 Å². The van der Waals surface area contributed by atoms with E-state index >= 15 is 0 Å². The van der Waals surface area contributed by atoms with E-state index in [4.69, 9.17) is 0 Å². The lowest BCUT2D eigenvalue weighted by Crippen LogP contribution is -2.25. The highest BCUT2D eigenvalue weighted by atomic mass is 32.1. The number of fused-ring (bicyclic) bond motifs is 2. The van der Waals surface area contributed by atoms with Gasteiger partial charge < -0.3 is 9.80 Å². The first-order chi connectivity index (χ1) is 10.6. The van der Waals surface area contributed by atoms with Gasteiger partial charge in [0.25, 0.3) is 0 Å². The lowest BCUT2D eigenvalue weighted by molar-refractivity contribution is 0.103. The largest absolute Gasteiger partial charge is 0.301 e. The van der Waals surface area contributed by atoms with Crippen LogP contribution in [-0.2, 0) is 25.9 Å². The van der Waals surface area contributed by atoms with E-state index in [-0.39, 0.29) is 5.78 Å². The highest BCUT2D eigenvalue weighted by molar-refractivity contribution is 7.17. The van der Waals surface area contributed by atoms with Crippen LogP contribution >= 0.6 is 22.7 Å². The second-order valence-electron chi connectivity index (χ2n) is 6.08. The number of aromatic nitrogens is 2. The summed E-state index contributed by atoms with van der Waals surface area (Å²) in [5.41, 5.74) is 2.21. The average molecular weight is 334 g/mol. The Labute approximate surface area is 137 Å². The monoisotopic (exact) mass is 334 g/mol. The van der Waals surface area contributed by atoms with Crippen LogP contribution in [0.2, 0.25) is 0 Å². The Balaban J connectivity index is 1.62. The molecule has 22 heavy (non-hydrogen) atoms. The van der Waals surface area contributed by atoms with Gasteiger partial charge >= 0.3 is 0 Å². The third kappa shape index (κ3) is 2.52. The number of ketones is 1. The molecule has 7 heteroatoms. The van der Waals surface area contributed by atoms with Crippen molar-refractivity contribution < 1.29 is 4.79 Å². The first-order valence-corrected chi connectivity index (χ1v) is 9.12. The molecule has 2 aliphatic rings. The van der Waals surface area contributed by atoms with Gasteiger partial charge in [-0.05, 0) is 14.1 Å². The SMILES string of the molecule is CN1CCc2nc(C(=O)c3nc4c(s3)CN(C)CC4)sc2C1. The summed E-state index contributed by atoms with van der Waals surface area (Å²) in [6.45, 7) is 3.84. The quantitative estimate of drug-likeness (QED) is 0.784. The van der Waals surface area contributed by atoms with Crippen molar-refractivity contribution in [3.63, 3.8) is 0 Å². The van der Waals surface area contributed by atoms with Crippen LogP contribution in [0.1, 0.15) is 36.0 Å². The van der Waals surface area contributed by atoms with E-state index in [9.17, 15) is 4.79 Å². The first kappa shape index (κ1) is 14.4. The Morgan fingerprint density at radius 2 is 1.36 bits per heavy atom. The molecule has 0 fully saturated rings. The number of nitrogens with zero attached hydrogens (tertiary/aromatic N) is 4. The van der Waals surface area contributed by atoms with Crippen LogP contribution in [0.5, 0.6) is 0 Å². The van der Waals surface area contributed by atoms with E-state index in [0.29, 0.717) is 10.0 Å². The minimum absolute atomic E-state index is 0.00380. The fourth-order valence-electron chi connectivity index (χ4n) is 2.93. The van der Waals surface area contributed by atoms with Crippen molar-refractivity contribution in [3.8, 4) is 0 Å². The molecule has 0 aliphatic carbocycles. The highest BCUT2D eigenvalue weighted by Crippen LogP contribution is 2.29. The van der Waals surface area contributed by atoms with Crippen LogP contribution in [0, 0.1) is 0 Å². The molecule has 0 amide bonds. The molecule has 0 radical (unpaired) electrons. The van der Waals surface area contributed by atoms with Crippen LogP contribution in [0.15, 0.2) is 0 Å². The molecule has 0 saturated heterocycles. The van der Waals surface area contributed by atoms with Crippen LogP contribution in [0.4, 0.5) is 0 Å². The molecule has 2 aromatic heterocycles. The van der Waals surface area contributed by atoms with Crippen molar-refractivity contribution in [3.05, 3.63) is 31.2 Å². The summed E-state index contributed by atoms with van der Waals surface area (Å²) in [4.78, 5) is 28.9. The third-order valence-corrected chi connectivity index (χ3v) is 6.39. The predicted octanol–water partition coefficient (Wildman–Crippen LogP) is 1.81. The van der Waals surface area contributed by atoms with Gasteiger partial charge in [0, 0.05) is 48.8 Å². The molecule has 0 saturated carbocycles. The van der Waals surface area contributed by atoms with Crippen LogP contribution in [0.25, 0.3) is 0 Å². The molecule has 0 bridgehead atoms. The smallest absolute Gasteiger partial charge is 0.250 e. The maximum Gasteiger partial charge on any atom is 0.250 e. The summed E-state index contributed by atoms with van der Waals surface area (Å²) in [6, 6.07) is 0. The van der Waals surface area contributed by atoms with Gasteiger partial charge in [-0.3, -0.25) is 4.79 Å². The number of rotatable bonds is 2. The number of hydrogen-bond donors (Lipinski definition) is 0. The Morgan fingerprint density at radius 3 is 1.82 bits per heavy atom. The Morgan fingerprint density at radius 1 is 0.909 bits per heavy atom.